The summed E-state index contributed by atoms with van der Waals surface area (Å²) in [6.07, 6.45) is 16.1. The third-order valence-corrected chi connectivity index (χ3v) is 8.46. The van der Waals surface area contributed by atoms with Crippen molar-refractivity contribution >= 4 is 31.9 Å². The first kappa shape index (κ1) is 25.0. The Balaban J connectivity index is 1.96. The van der Waals surface area contributed by atoms with Crippen LogP contribution in [0.5, 0.6) is 0 Å². The summed E-state index contributed by atoms with van der Waals surface area (Å²) >= 11 is 7.60. The van der Waals surface area contributed by atoms with Gasteiger partial charge in [-0.15, -0.1) is 0 Å². The molecule has 0 saturated carbocycles. The highest BCUT2D eigenvalue weighted by atomic mass is 79.9. The number of unbranched alkanes of at least 4 members (excludes halogenated alkanes) is 8. The van der Waals surface area contributed by atoms with Crippen molar-refractivity contribution < 1.29 is 0 Å². The Hall–Kier alpha value is -0.600. The molecule has 1 aliphatic carbocycles. The molecule has 0 aromatic heterocycles. The summed E-state index contributed by atoms with van der Waals surface area (Å²) in [5.74, 6) is 0.642. The molecular weight excluding hydrogens is 508 g/mol. The number of rotatable bonds is 13. The van der Waals surface area contributed by atoms with Crippen molar-refractivity contribution in [3.05, 3.63) is 56.5 Å². The van der Waals surface area contributed by atoms with Crippen LogP contribution >= 0.6 is 31.9 Å². The average Bonchev–Trinajstić information content (AvgIpc) is 3.02. The first-order valence-corrected chi connectivity index (χ1v) is 14.2. The lowest BCUT2D eigenvalue weighted by molar-refractivity contribution is 0.292. The van der Waals surface area contributed by atoms with Crippen LogP contribution in [0, 0.1) is 5.92 Å². The number of fused-ring (bicyclic) bond motifs is 3. The first-order chi connectivity index (χ1) is 15.0. The highest BCUT2D eigenvalue weighted by Gasteiger charge is 2.46. The molecule has 170 valence electrons. The smallest absolute Gasteiger partial charge is 0.0241 e. The fourth-order valence-corrected chi connectivity index (χ4v) is 6.46. The van der Waals surface area contributed by atoms with Gasteiger partial charge in [0, 0.05) is 14.4 Å². The van der Waals surface area contributed by atoms with E-state index < -0.39 is 0 Å². The summed E-state index contributed by atoms with van der Waals surface area (Å²) in [7, 11) is 0. The maximum Gasteiger partial charge on any atom is 0.0241 e. The summed E-state index contributed by atoms with van der Waals surface area (Å²) in [4.78, 5) is 0. The van der Waals surface area contributed by atoms with E-state index in [4.69, 9.17) is 0 Å². The van der Waals surface area contributed by atoms with Crippen LogP contribution in [0.15, 0.2) is 45.3 Å². The maximum atomic E-state index is 3.80. The molecule has 1 atom stereocenters. The van der Waals surface area contributed by atoms with Crippen molar-refractivity contribution in [3.8, 4) is 11.1 Å². The molecule has 0 N–H and O–H groups in total. The van der Waals surface area contributed by atoms with Crippen LogP contribution in [0.25, 0.3) is 11.1 Å². The van der Waals surface area contributed by atoms with E-state index in [1.165, 1.54) is 97.1 Å². The molecule has 0 radical (unpaired) electrons. The minimum atomic E-state index is 0.134. The number of halogens is 2. The molecule has 3 rings (SSSR count). The fourth-order valence-electron chi connectivity index (χ4n) is 5.74. The Labute approximate surface area is 207 Å². The van der Waals surface area contributed by atoms with Crippen molar-refractivity contribution in [2.75, 3.05) is 0 Å². The van der Waals surface area contributed by atoms with E-state index in [1.807, 2.05) is 0 Å². The van der Waals surface area contributed by atoms with Gasteiger partial charge in [-0.2, -0.15) is 0 Å². The van der Waals surface area contributed by atoms with Gasteiger partial charge in [-0.25, -0.2) is 0 Å². The molecular formula is C29H40Br2. The lowest BCUT2D eigenvalue weighted by Gasteiger charge is -2.39. The van der Waals surface area contributed by atoms with Gasteiger partial charge >= 0.3 is 0 Å². The van der Waals surface area contributed by atoms with Crippen LogP contribution < -0.4 is 0 Å². The minimum absolute atomic E-state index is 0.134. The lowest BCUT2D eigenvalue weighted by Crippen LogP contribution is -2.33. The lowest BCUT2D eigenvalue weighted by atomic mass is 9.64. The van der Waals surface area contributed by atoms with E-state index >= 15 is 0 Å². The van der Waals surface area contributed by atoms with Gasteiger partial charge in [-0.1, -0.05) is 129 Å². The van der Waals surface area contributed by atoms with Crippen LogP contribution in [0.4, 0.5) is 0 Å². The first-order valence-electron chi connectivity index (χ1n) is 12.6. The average molecular weight is 548 g/mol. The quantitative estimate of drug-likeness (QED) is 0.219. The molecule has 1 aliphatic rings. The van der Waals surface area contributed by atoms with E-state index in [0.717, 1.165) is 0 Å². The third kappa shape index (κ3) is 5.67. The molecule has 0 heterocycles. The number of hydrogen-bond donors (Lipinski definition) is 0. The van der Waals surface area contributed by atoms with Crippen LogP contribution in [0.2, 0.25) is 0 Å². The second-order valence-electron chi connectivity index (χ2n) is 9.62. The molecule has 31 heavy (non-hydrogen) atoms. The van der Waals surface area contributed by atoms with Gasteiger partial charge < -0.3 is 0 Å². The molecule has 0 nitrogen and oxygen atoms in total. The Bertz CT molecular complexity index is 787. The normalized spacial score (nSPS) is 15.0. The Morgan fingerprint density at radius 3 is 1.71 bits per heavy atom. The Morgan fingerprint density at radius 1 is 0.677 bits per heavy atom. The topological polar surface area (TPSA) is 0 Å². The molecule has 2 heteroatoms. The maximum absolute atomic E-state index is 3.80. The van der Waals surface area contributed by atoms with Crippen molar-refractivity contribution in [1.29, 1.82) is 0 Å². The van der Waals surface area contributed by atoms with Gasteiger partial charge in [0.05, 0.1) is 0 Å². The molecule has 0 bridgehead atoms. The van der Waals surface area contributed by atoms with Crippen LogP contribution in [-0.2, 0) is 5.41 Å². The van der Waals surface area contributed by atoms with Gasteiger partial charge in [0.2, 0.25) is 0 Å². The van der Waals surface area contributed by atoms with Crippen molar-refractivity contribution in [2.45, 2.75) is 103 Å². The third-order valence-electron chi connectivity index (χ3n) is 7.47. The van der Waals surface area contributed by atoms with Crippen LogP contribution in [0.1, 0.15) is 109 Å². The minimum Gasteiger partial charge on any atom is -0.0654 e. The van der Waals surface area contributed by atoms with Crippen molar-refractivity contribution in [3.63, 3.8) is 0 Å². The monoisotopic (exact) mass is 546 g/mol. The summed E-state index contributed by atoms with van der Waals surface area (Å²) < 4.78 is 2.42. The Kier molecular flexibility index (Phi) is 9.71. The molecule has 0 amide bonds. The van der Waals surface area contributed by atoms with Crippen molar-refractivity contribution in [1.82, 2.24) is 0 Å². The van der Waals surface area contributed by atoms with Crippen LogP contribution in [0.3, 0.4) is 0 Å². The fraction of sp³-hybridized carbons (Fsp3) is 0.586. The highest BCUT2D eigenvalue weighted by molar-refractivity contribution is 9.10. The van der Waals surface area contributed by atoms with Gasteiger partial charge in [-0.05, 0) is 65.3 Å². The zero-order valence-corrected chi connectivity index (χ0v) is 23.0. The summed E-state index contributed by atoms with van der Waals surface area (Å²) in [5.41, 5.74) is 6.17. The van der Waals surface area contributed by atoms with E-state index in [9.17, 15) is 0 Å². The molecule has 0 spiro atoms. The molecule has 0 saturated heterocycles. The summed E-state index contributed by atoms with van der Waals surface area (Å²) in [5, 5.41) is 0. The van der Waals surface area contributed by atoms with Gasteiger partial charge in [0.25, 0.3) is 0 Å². The molecule has 0 fully saturated rings. The molecule has 0 aliphatic heterocycles. The largest absolute Gasteiger partial charge is 0.0654 e. The van der Waals surface area contributed by atoms with Gasteiger partial charge in [-0.3, -0.25) is 0 Å². The second-order valence-corrected chi connectivity index (χ2v) is 11.5. The second kappa shape index (κ2) is 12.0. The Morgan fingerprint density at radius 2 is 1.16 bits per heavy atom. The number of hydrogen-bond acceptors (Lipinski definition) is 0. The predicted octanol–water partition coefficient (Wildman–Crippen LogP) is 10.8. The van der Waals surface area contributed by atoms with Gasteiger partial charge in [0.15, 0.2) is 0 Å². The number of benzene rings is 2. The SMILES string of the molecule is CCCCCCCCC1(C(C)CCCCCC)c2cc(Br)ccc2-c2ccc(Br)cc21. The van der Waals surface area contributed by atoms with Crippen molar-refractivity contribution in [2.24, 2.45) is 5.92 Å². The van der Waals surface area contributed by atoms with E-state index in [1.54, 1.807) is 11.1 Å². The van der Waals surface area contributed by atoms with E-state index in [2.05, 4.69) is 89.0 Å². The summed E-state index contributed by atoms with van der Waals surface area (Å²) in [6.45, 7) is 7.14. The highest BCUT2D eigenvalue weighted by Crippen LogP contribution is 2.57. The predicted molar refractivity (Wildman–Crippen MR) is 144 cm³/mol. The van der Waals surface area contributed by atoms with E-state index in [0.29, 0.717) is 5.92 Å². The van der Waals surface area contributed by atoms with Gasteiger partial charge in [0.1, 0.15) is 0 Å². The zero-order valence-electron chi connectivity index (χ0n) is 19.8. The molecule has 2 aromatic carbocycles. The zero-order chi connectivity index (χ0) is 22.3. The van der Waals surface area contributed by atoms with Crippen LogP contribution in [-0.4, -0.2) is 0 Å². The standard InChI is InChI=1S/C29H40Br2/c1-4-6-8-10-11-13-19-29(22(3)14-12-9-7-5-2)27-20-23(30)15-17-25(27)26-18-16-24(31)21-28(26)29/h15-18,20-22H,4-14,19H2,1-3H3. The van der Waals surface area contributed by atoms with E-state index in [-0.39, 0.29) is 5.41 Å². The molecule has 1 unspecified atom stereocenters. The summed E-state index contributed by atoms with van der Waals surface area (Å²) in [6, 6.07) is 14.0. The molecule has 2 aromatic rings.